The predicted octanol–water partition coefficient (Wildman–Crippen LogP) is 1.57. The van der Waals surface area contributed by atoms with Crippen molar-refractivity contribution in [1.29, 1.82) is 0 Å². The smallest absolute Gasteiger partial charge is 0.118 e. The summed E-state index contributed by atoms with van der Waals surface area (Å²) < 4.78 is 11.6. The first kappa shape index (κ1) is 17.9. The van der Waals surface area contributed by atoms with Gasteiger partial charge in [-0.3, -0.25) is 0 Å². The highest BCUT2D eigenvalue weighted by Crippen LogP contribution is 2.34. The Morgan fingerprint density at radius 2 is 2.14 bits per heavy atom. The second-order valence-electron chi connectivity index (χ2n) is 5.32. The number of hydrogen-bond acceptors (Lipinski definition) is 5. The van der Waals surface area contributed by atoms with Gasteiger partial charge in [0.05, 0.1) is 36.5 Å². The van der Waals surface area contributed by atoms with Crippen LogP contribution in [0.3, 0.4) is 0 Å². The molecule has 1 fully saturated rings. The van der Waals surface area contributed by atoms with Crippen molar-refractivity contribution >= 4 is 23.2 Å². The van der Waals surface area contributed by atoms with Gasteiger partial charge >= 0.3 is 0 Å². The first-order valence-electron chi connectivity index (χ1n) is 7.24. The lowest BCUT2D eigenvalue weighted by Gasteiger charge is -2.33. The third-order valence-corrected chi connectivity index (χ3v) is 4.40. The molecule has 0 radical (unpaired) electrons. The van der Waals surface area contributed by atoms with Gasteiger partial charge in [0, 0.05) is 6.54 Å². The number of halogens is 2. The third-order valence-electron chi connectivity index (χ3n) is 3.66. The van der Waals surface area contributed by atoms with E-state index in [1.165, 1.54) is 0 Å². The fourth-order valence-electron chi connectivity index (χ4n) is 2.42. The number of nitrogens with one attached hydrogen (secondary N) is 1. The minimum atomic E-state index is -0.894. The van der Waals surface area contributed by atoms with Crippen LogP contribution in [-0.2, 0) is 15.1 Å². The van der Waals surface area contributed by atoms with Crippen molar-refractivity contribution in [3.63, 3.8) is 0 Å². The van der Waals surface area contributed by atoms with Crippen LogP contribution in [-0.4, -0.2) is 55.8 Å². The van der Waals surface area contributed by atoms with Gasteiger partial charge in [0.2, 0.25) is 0 Å². The molecule has 0 aliphatic carbocycles. The molecule has 3 N–H and O–H groups in total. The highest BCUT2D eigenvalue weighted by atomic mass is 35.5. The molecule has 2 atom stereocenters. The van der Waals surface area contributed by atoms with Crippen molar-refractivity contribution < 1.29 is 19.7 Å². The Morgan fingerprint density at radius 3 is 2.86 bits per heavy atom. The van der Waals surface area contributed by atoms with Crippen LogP contribution in [0.5, 0.6) is 0 Å². The Bertz CT molecular complexity index is 479. The Morgan fingerprint density at radius 1 is 1.32 bits per heavy atom. The molecule has 2 unspecified atom stereocenters. The highest BCUT2D eigenvalue weighted by Gasteiger charge is 2.35. The van der Waals surface area contributed by atoms with E-state index in [-0.39, 0.29) is 19.8 Å². The second kappa shape index (κ2) is 8.45. The first-order chi connectivity index (χ1) is 10.6. The molecule has 0 spiro atoms. The van der Waals surface area contributed by atoms with E-state index in [1.807, 2.05) is 6.07 Å². The molecule has 124 valence electrons. The fourth-order valence-corrected chi connectivity index (χ4v) is 2.72. The van der Waals surface area contributed by atoms with Gasteiger partial charge in [-0.05, 0) is 30.7 Å². The van der Waals surface area contributed by atoms with Gasteiger partial charge in [0.15, 0.2) is 0 Å². The first-order valence-corrected chi connectivity index (χ1v) is 8.00. The number of aliphatic hydroxyl groups is 2. The van der Waals surface area contributed by atoms with Gasteiger partial charge in [-0.2, -0.15) is 0 Å². The quantitative estimate of drug-likeness (QED) is 0.727. The van der Waals surface area contributed by atoms with Gasteiger partial charge in [-0.15, -0.1) is 0 Å². The SMILES string of the molecule is OCC(O)COCC1(c2ccc(Cl)c(Cl)c2)CCNCCO1. The third kappa shape index (κ3) is 4.55. The van der Waals surface area contributed by atoms with Crippen LogP contribution in [0.4, 0.5) is 0 Å². The predicted molar refractivity (Wildman–Crippen MR) is 85.5 cm³/mol. The summed E-state index contributed by atoms with van der Waals surface area (Å²) in [5.41, 5.74) is 0.247. The molecule has 0 amide bonds. The number of aliphatic hydroxyl groups excluding tert-OH is 2. The standard InChI is InChI=1S/C15H21Cl2NO4/c16-13-2-1-11(7-14(13)17)15(3-4-18-5-6-22-15)10-21-9-12(20)8-19/h1-2,7,12,18-20H,3-6,8-10H2. The number of benzene rings is 1. The zero-order valence-electron chi connectivity index (χ0n) is 12.2. The summed E-state index contributed by atoms with van der Waals surface area (Å²) in [4.78, 5) is 0. The molecular weight excluding hydrogens is 329 g/mol. The molecule has 1 heterocycles. The Hall–Kier alpha value is -0.400. The van der Waals surface area contributed by atoms with Crippen molar-refractivity contribution in [3.8, 4) is 0 Å². The Labute approximate surface area is 140 Å². The van der Waals surface area contributed by atoms with Crippen molar-refractivity contribution in [2.45, 2.75) is 18.1 Å². The van der Waals surface area contributed by atoms with Crippen molar-refractivity contribution in [3.05, 3.63) is 33.8 Å². The summed E-state index contributed by atoms with van der Waals surface area (Å²) in [6.07, 6.45) is -0.185. The van der Waals surface area contributed by atoms with Crippen LogP contribution >= 0.6 is 23.2 Å². The molecule has 1 aromatic rings. The van der Waals surface area contributed by atoms with E-state index in [9.17, 15) is 5.11 Å². The van der Waals surface area contributed by atoms with E-state index in [0.29, 0.717) is 23.1 Å². The normalized spacial score (nSPS) is 24.0. The van der Waals surface area contributed by atoms with Crippen molar-refractivity contribution in [1.82, 2.24) is 5.32 Å². The molecule has 1 saturated heterocycles. The maximum absolute atomic E-state index is 9.41. The van der Waals surface area contributed by atoms with Crippen LogP contribution < -0.4 is 5.32 Å². The van der Waals surface area contributed by atoms with Gasteiger partial charge in [0.1, 0.15) is 11.7 Å². The molecule has 2 rings (SSSR count). The van der Waals surface area contributed by atoms with Crippen molar-refractivity contribution in [2.75, 3.05) is 39.5 Å². The van der Waals surface area contributed by atoms with E-state index in [1.54, 1.807) is 12.1 Å². The van der Waals surface area contributed by atoms with E-state index < -0.39 is 11.7 Å². The number of ether oxygens (including phenoxy) is 2. The van der Waals surface area contributed by atoms with Crippen LogP contribution in [0.2, 0.25) is 10.0 Å². The summed E-state index contributed by atoms with van der Waals surface area (Å²) in [6.45, 7) is 2.09. The van der Waals surface area contributed by atoms with E-state index >= 15 is 0 Å². The maximum Gasteiger partial charge on any atom is 0.118 e. The van der Waals surface area contributed by atoms with Crippen LogP contribution in [0.15, 0.2) is 18.2 Å². The maximum atomic E-state index is 9.41. The Balaban J connectivity index is 2.18. The lowest BCUT2D eigenvalue weighted by molar-refractivity contribution is -0.112. The Kier molecular flexibility index (Phi) is 6.89. The van der Waals surface area contributed by atoms with Crippen LogP contribution in [0.25, 0.3) is 0 Å². The molecule has 0 saturated carbocycles. The highest BCUT2D eigenvalue weighted by molar-refractivity contribution is 6.42. The number of rotatable bonds is 6. The van der Waals surface area contributed by atoms with Crippen molar-refractivity contribution in [2.24, 2.45) is 0 Å². The monoisotopic (exact) mass is 349 g/mol. The molecule has 0 bridgehead atoms. The topological polar surface area (TPSA) is 71.0 Å². The summed E-state index contributed by atoms with van der Waals surface area (Å²) in [5.74, 6) is 0. The average Bonchev–Trinajstić information content (AvgIpc) is 2.76. The lowest BCUT2D eigenvalue weighted by atomic mass is 9.91. The molecule has 22 heavy (non-hydrogen) atoms. The molecule has 7 heteroatoms. The largest absolute Gasteiger partial charge is 0.394 e. The summed E-state index contributed by atoms with van der Waals surface area (Å²) in [6, 6.07) is 5.41. The molecule has 1 aliphatic rings. The summed E-state index contributed by atoms with van der Waals surface area (Å²) in [7, 11) is 0. The molecule has 0 aromatic heterocycles. The zero-order chi connectivity index (χ0) is 16.0. The molecule has 1 aliphatic heterocycles. The summed E-state index contributed by atoms with van der Waals surface area (Å²) >= 11 is 12.1. The van der Waals surface area contributed by atoms with Gasteiger partial charge < -0.3 is 25.0 Å². The second-order valence-corrected chi connectivity index (χ2v) is 6.14. The molecular formula is C15H21Cl2NO4. The van der Waals surface area contributed by atoms with E-state index in [0.717, 1.165) is 18.7 Å². The average molecular weight is 350 g/mol. The number of hydrogen-bond donors (Lipinski definition) is 3. The van der Waals surface area contributed by atoms with Gasteiger partial charge in [-0.1, -0.05) is 29.3 Å². The minimum Gasteiger partial charge on any atom is -0.394 e. The molecule has 1 aromatic carbocycles. The van der Waals surface area contributed by atoms with Crippen LogP contribution in [0, 0.1) is 0 Å². The van der Waals surface area contributed by atoms with Gasteiger partial charge in [-0.25, -0.2) is 0 Å². The summed E-state index contributed by atoms with van der Waals surface area (Å²) in [5, 5.41) is 22.5. The van der Waals surface area contributed by atoms with Crippen LogP contribution in [0.1, 0.15) is 12.0 Å². The van der Waals surface area contributed by atoms with Gasteiger partial charge in [0.25, 0.3) is 0 Å². The van der Waals surface area contributed by atoms with E-state index in [4.69, 9.17) is 37.8 Å². The minimum absolute atomic E-state index is 0.0519. The van der Waals surface area contributed by atoms with E-state index in [2.05, 4.69) is 5.32 Å². The molecule has 5 nitrogen and oxygen atoms in total. The fraction of sp³-hybridized carbons (Fsp3) is 0.600. The lowest BCUT2D eigenvalue weighted by Crippen LogP contribution is -2.37. The zero-order valence-corrected chi connectivity index (χ0v) is 13.7.